The number of nitrogens with zero attached hydrogens (tertiary/aromatic N) is 2. The van der Waals surface area contributed by atoms with Crippen molar-refractivity contribution in [2.45, 2.75) is 6.42 Å². The third kappa shape index (κ3) is 2.40. The molecule has 1 aromatic rings. The van der Waals surface area contributed by atoms with Crippen molar-refractivity contribution in [3.63, 3.8) is 0 Å². The molecule has 0 N–H and O–H groups in total. The number of hydrogen-bond acceptors (Lipinski definition) is 5. The number of carbonyl (C=O) groups excluding carboxylic acids is 2. The Bertz CT molecular complexity index is 875. The van der Waals surface area contributed by atoms with Gasteiger partial charge >= 0.3 is 0 Å². The molecule has 140 valence electrons. The second-order valence-corrected chi connectivity index (χ2v) is 8.79. The van der Waals surface area contributed by atoms with Crippen LogP contribution in [0.5, 0.6) is 11.5 Å². The summed E-state index contributed by atoms with van der Waals surface area (Å²) in [6.07, 6.45) is 7.03. The lowest BCUT2D eigenvalue weighted by atomic mass is 9.63. The summed E-state index contributed by atoms with van der Waals surface area (Å²) in [4.78, 5) is 25.9. The molecule has 4 aliphatic carbocycles. The minimum absolute atomic E-state index is 0.152. The van der Waals surface area contributed by atoms with Crippen LogP contribution in [0.15, 0.2) is 29.4 Å². The summed E-state index contributed by atoms with van der Waals surface area (Å²) in [5.74, 6) is 2.09. The van der Waals surface area contributed by atoms with Gasteiger partial charge in [0.2, 0.25) is 0 Å². The average molecular weight is 478 g/mol. The van der Waals surface area contributed by atoms with Gasteiger partial charge in [-0.2, -0.15) is 10.1 Å². The maximum Gasteiger partial charge on any atom is 0.254 e. The Labute approximate surface area is 170 Å². The summed E-state index contributed by atoms with van der Waals surface area (Å²) >= 11 is 2.16. The Hall–Kier alpha value is -1.90. The maximum atomic E-state index is 12.9. The molecule has 0 spiro atoms. The third-order valence-electron chi connectivity index (χ3n) is 6.42. The highest BCUT2D eigenvalue weighted by Gasteiger charge is 2.67. The van der Waals surface area contributed by atoms with Gasteiger partial charge in [-0.1, -0.05) is 12.2 Å². The fourth-order valence-corrected chi connectivity index (χ4v) is 6.04. The van der Waals surface area contributed by atoms with Crippen LogP contribution < -0.4 is 9.47 Å². The van der Waals surface area contributed by atoms with Crippen molar-refractivity contribution in [1.82, 2.24) is 5.01 Å². The molecule has 6 atom stereocenters. The zero-order valence-corrected chi connectivity index (χ0v) is 17.1. The minimum atomic E-state index is -0.223. The Kier molecular flexibility index (Phi) is 3.86. The highest BCUT2D eigenvalue weighted by molar-refractivity contribution is 14.1. The lowest BCUT2D eigenvalue weighted by Gasteiger charge is -2.37. The minimum Gasteiger partial charge on any atom is -0.493 e. The highest BCUT2D eigenvalue weighted by Crippen LogP contribution is 2.65. The van der Waals surface area contributed by atoms with Gasteiger partial charge in [-0.3, -0.25) is 9.59 Å². The summed E-state index contributed by atoms with van der Waals surface area (Å²) in [5, 5.41) is 5.36. The fraction of sp³-hybridized carbons (Fsp3) is 0.450. The molecule has 6 rings (SSSR count). The van der Waals surface area contributed by atoms with Crippen molar-refractivity contribution in [2.75, 3.05) is 14.2 Å². The van der Waals surface area contributed by atoms with Crippen molar-refractivity contribution in [2.24, 2.45) is 40.6 Å². The highest BCUT2D eigenvalue weighted by atomic mass is 127. The lowest BCUT2D eigenvalue weighted by molar-refractivity contribution is -0.140. The zero-order valence-electron chi connectivity index (χ0n) is 15.0. The topological polar surface area (TPSA) is 68.2 Å². The van der Waals surface area contributed by atoms with E-state index in [1.54, 1.807) is 26.5 Å². The lowest BCUT2D eigenvalue weighted by Crippen LogP contribution is -2.40. The van der Waals surface area contributed by atoms with E-state index in [1.807, 2.05) is 6.07 Å². The Morgan fingerprint density at radius 1 is 1.07 bits per heavy atom. The second kappa shape index (κ2) is 6.05. The molecule has 5 aliphatic rings. The summed E-state index contributed by atoms with van der Waals surface area (Å²) in [7, 11) is 3.16. The number of imide groups is 1. The van der Waals surface area contributed by atoms with Crippen LogP contribution in [0.3, 0.4) is 0 Å². The predicted molar refractivity (Wildman–Crippen MR) is 106 cm³/mol. The summed E-state index contributed by atoms with van der Waals surface area (Å²) < 4.78 is 11.6. The van der Waals surface area contributed by atoms with Gasteiger partial charge in [-0.05, 0) is 70.4 Å². The van der Waals surface area contributed by atoms with Crippen LogP contribution in [-0.2, 0) is 9.59 Å². The van der Waals surface area contributed by atoms with E-state index in [1.165, 1.54) is 0 Å². The summed E-state index contributed by atoms with van der Waals surface area (Å²) in [6.45, 7) is 0. The van der Waals surface area contributed by atoms with Crippen molar-refractivity contribution in [3.8, 4) is 11.5 Å². The van der Waals surface area contributed by atoms with Gasteiger partial charge in [0.05, 0.1) is 35.8 Å². The van der Waals surface area contributed by atoms with Gasteiger partial charge in [0.15, 0.2) is 11.5 Å². The zero-order chi connectivity index (χ0) is 18.9. The standard InChI is InChI=1S/C20H19IN2O4/c1-26-15-6-9(5-14(21)18(15)27-2)8-22-23-19(24)16-10-3-4-11(13-7-12(10)13)17(16)20(23)25/h3-6,8,10-13,16-17H,7H2,1-2H3/b22-8-/t10-,11+,12-,13-,16+,17-/m1/s1. The molecule has 2 bridgehead atoms. The first-order valence-corrected chi connectivity index (χ1v) is 10.1. The van der Waals surface area contributed by atoms with Crippen LogP contribution in [0, 0.1) is 39.1 Å². The molecule has 6 nitrogen and oxygen atoms in total. The molecule has 3 fully saturated rings. The second-order valence-electron chi connectivity index (χ2n) is 7.63. The van der Waals surface area contributed by atoms with E-state index in [0.29, 0.717) is 23.3 Å². The molecule has 7 heteroatoms. The van der Waals surface area contributed by atoms with Gasteiger partial charge in [0.25, 0.3) is 11.8 Å². The molecule has 1 heterocycles. The van der Waals surface area contributed by atoms with Crippen LogP contribution in [0.25, 0.3) is 0 Å². The Morgan fingerprint density at radius 3 is 2.26 bits per heavy atom. The number of carbonyl (C=O) groups is 2. The quantitative estimate of drug-likeness (QED) is 0.289. The fourth-order valence-electron chi connectivity index (χ4n) is 5.19. The number of halogens is 1. The summed E-state index contributed by atoms with van der Waals surface area (Å²) in [6, 6.07) is 3.66. The molecule has 1 aliphatic heterocycles. The molecule has 0 unspecified atom stereocenters. The first-order chi connectivity index (χ1) is 13.0. The van der Waals surface area contributed by atoms with E-state index in [-0.39, 0.29) is 35.5 Å². The molecular weight excluding hydrogens is 459 g/mol. The van der Waals surface area contributed by atoms with Gasteiger partial charge in [-0.25, -0.2) is 0 Å². The molecule has 2 saturated carbocycles. The van der Waals surface area contributed by atoms with E-state index in [4.69, 9.17) is 9.47 Å². The molecule has 2 amide bonds. The van der Waals surface area contributed by atoms with Crippen LogP contribution >= 0.6 is 22.6 Å². The monoisotopic (exact) mass is 478 g/mol. The number of allylic oxidation sites excluding steroid dienone is 2. The number of hydrogen-bond donors (Lipinski definition) is 0. The molecular formula is C20H19IN2O4. The van der Waals surface area contributed by atoms with Gasteiger partial charge in [0.1, 0.15) is 0 Å². The number of benzene rings is 1. The van der Waals surface area contributed by atoms with Crippen LogP contribution in [0.2, 0.25) is 0 Å². The van der Waals surface area contributed by atoms with Gasteiger partial charge in [0, 0.05) is 0 Å². The molecule has 27 heavy (non-hydrogen) atoms. The molecule has 0 aromatic heterocycles. The number of hydrazone groups is 1. The van der Waals surface area contributed by atoms with E-state index < -0.39 is 0 Å². The number of amides is 2. The van der Waals surface area contributed by atoms with Gasteiger partial charge < -0.3 is 9.47 Å². The normalized spacial score (nSPS) is 35.6. The summed E-state index contributed by atoms with van der Waals surface area (Å²) in [5.41, 5.74) is 0.747. The third-order valence-corrected chi connectivity index (χ3v) is 7.22. The number of ether oxygens (including phenoxy) is 2. The SMILES string of the molecule is COc1cc(/C=N\N2C(=O)[C@@H]3[C@H]4C=C[C@H]([C@H]5C[C@H]45)[C@@H]3C2=O)cc(I)c1OC. The van der Waals surface area contributed by atoms with Crippen LogP contribution in [-0.4, -0.2) is 37.3 Å². The predicted octanol–water partition coefficient (Wildman–Crippen LogP) is 2.70. The average Bonchev–Trinajstić information content (AvgIpc) is 3.45. The van der Waals surface area contributed by atoms with E-state index in [2.05, 4.69) is 39.8 Å². The first kappa shape index (κ1) is 17.2. The van der Waals surface area contributed by atoms with E-state index >= 15 is 0 Å². The Balaban J connectivity index is 1.43. The largest absolute Gasteiger partial charge is 0.493 e. The van der Waals surface area contributed by atoms with Crippen LogP contribution in [0.1, 0.15) is 12.0 Å². The maximum absolute atomic E-state index is 12.9. The molecule has 0 radical (unpaired) electrons. The number of methoxy groups -OCH3 is 2. The van der Waals surface area contributed by atoms with Crippen molar-refractivity contribution in [1.29, 1.82) is 0 Å². The smallest absolute Gasteiger partial charge is 0.254 e. The van der Waals surface area contributed by atoms with Crippen molar-refractivity contribution >= 4 is 40.6 Å². The van der Waals surface area contributed by atoms with E-state index in [9.17, 15) is 9.59 Å². The molecule has 1 saturated heterocycles. The molecule has 1 aromatic carbocycles. The number of rotatable bonds is 4. The first-order valence-electron chi connectivity index (χ1n) is 9.06. The van der Waals surface area contributed by atoms with Crippen molar-refractivity contribution < 1.29 is 19.1 Å². The van der Waals surface area contributed by atoms with Crippen molar-refractivity contribution in [3.05, 3.63) is 33.4 Å². The Morgan fingerprint density at radius 2 is 1.70 bits per heavy atom. The van der Waals surface area contributed by atoms with Gasteiger partial charge in [-0.15, -0.1) is 0 Å². The van der Waals surface area contributed by atoms with Crippen LogP contribution in [0.4, 0.5) is 0 Å². The van der Waals surface area contributed by atoms with E-state index in [0.717, 1.165) is 20.6 Å².